The average molecular weight is 220 g/mol. The van der Waals surface area contributed by atoms with E-state index in [0.29, 0.717) is 12.1 Å². The Hall–Kier alpha value is -1.16. The molecule has 1 fully saturated rings. The summed E-state index contributed by atoms with van der Waals surface area (Å²) in [5.41, 5.74) is 0. The predicted molar refractivity (Wildman–Crippen MR) is 65.5 cm³/mol. The van der Waals surface area contributed by atoms with Crippen molar-refractivity contribution in [3.63, 3.8) is 0 Å². The Labute approximate surface area is 97.1 Å². The molecule has 2 rings (SSSR count). The van der Waals surface area contributed by atoms with Crippen molar-refractivity contribution in [1.82, 2.24) is 15.3 Å². The highest BCUT2D eigenvalue weighted by Crippen LogP contribution is 2.16. The zero-order valence-electron chi connectivity index (χ0n) is 10.1. The summed E-state index contributed by atoms with van der Waals surface area (Å²) in [4.78, 5) is 10.7. The second-order valence-electron chi connectivity index (χ2n) is 4.65. The van der Waals surface area contributed by atoms with Crippen LogP contribution in [0.2, 0.25) is 0 Å². The summed E-state index contributed by atoms with van der Waals surface area (Å²) in [6.07, 6.45) is 7.70. The van der Waals surface area contributed by atoms with E-state index in [2.05, 4.69) is 34.0 Å². The molecule has 1 saturated heterocycles. The maximum absolute atomic E-state index is 4.33. The molecule has 0 aliphatic carbocycles. The van der Waals surface area contributed by atoms with Gasteiger partial charge >= 0.3 is 0 Å². The second-order valence-corrected chi connectivity index (χ2v) is 4.65. The minimum absolute atomic E-state index is 0.577. The lowest BCUT2D eigenvalue weighted by molar-refractivity contribution is 0.386. The van der Waals surface area contributed by atoms with E-state index in [1.807, 2.05) is 6.20 Å². The average Bonchev–Trinajstić information content (AvgIpc) is 2.30. The lowest BCUT2D eigenvalue weighted by atomic mass is 10.0. The van der Waals surface area contributed by atoms with Gasteiger partial charge in [0.05, 0.1) is 6.20 Å². The van der Waals surface area contributed by atoms with Crippen LogP contribution in [0.4, 0.5) is 5.82 Å². The quantitative estimate of drug-likeness (QED) is 0.837. The lowest BCUT2D eigenvalue weighted by Gasteiger charge is -2.33. The van der Waals surface area contributed by atoms with Crippen LogP contribution in [0.1, 0.15) is 26.7 Å². The number of hydrogen-bond acceptors (Lipinski definition) is 4. The molecule has 1 aromatic rings. The normalized spacial score (nSPS) is 18.1. The second kappa shape index (κ2) is 5.25. The van der Waals surface area contributed by atoms with Crippen LogP contribution in [0.3, 0.4) is 0 Å². The maximum Gasteiger partial charge on any atom is 0.147 e. The first kappa shape index (κ1) is 11.3. The van der Waals surface area contributed by atoms with E-state index < -0.39 is 0 Å². The van der Waals surface area contributed by atoms with Crippen molar-refractivity contribution in [2.24, 2.45) is 0 Å². The summed E-state index contributed by atoms with van der Waals surface area (Å²) in [6, 6.07) is 1.24. The van der Waals surface area contributed by atoms with Crippen LogP contribution in [0.15, 0.2) is 18.6 Å². The van der Waals surface area contributed by atoms with E-state index in [0.717, 1.165) is 18.9 Å². The van der Waals surface area contributed by atoms with Gasteiger partial charge in [0.1, 0.15) is 5.82 Å². The molecular weight excluding hydrogens is 200 g/mol. The van der Waals surface area contributed by atoms with Gasteiger partial charge in [0.25, 0.3) is 0 Å². The van der Waals surface area contributed by atoms with Crippen LogP contribution in [0.5, 0.6) is 0 Å². The van der Waals surface area contributed by atoms with Gasteiger partial charge in [-0.3, -0.25) is 4.98 Å². The number of nitrogens with one attached hydrogen (secondary N) is 1. The van der Waals surface area contributed by atoms with Crippen molar-refractivity contribution in [3.8, 4) is 0 Å². The van der Waals surface area contributed by atoms with Crippen LogP contribution in [-0.2, 0) is 0 Å². The van der Waals surface area contributed by atoms with E-state index in [1.165, 1.54) is 12.8 Å². The molecule has 4 heteroatoms. The summed E-state index contributed by atoms with van der Waals surface area (Å²) in [7, 11) is 0. The van der Waals surface area contributed by atoms with Crippen molar-refractivity contribution < 1.29 is 0 Å². The van der Waals surface area contributed by atoms with Crippen molar-refractivity contribution in [3.05, 3.63) is 18.6 Å². The van der Waals surface area contributed by atoms with E-state index in [9.17, 15) is 0 Å². The minimum atomic E-state index is 0.577. The largest absolute Gasteiger partial charge is 0.355 e. The number of rotatable bonds is 3. The Kier molecular flexibility index (Phi) is 3.72. The standard InChI is InChI=1S/C12H20N4/c1-10(2)15-11-3-7-16(8-4-11)12-9-13-5-6-14-12/h5-6,9-11,15H,3-4,7-8H2,1-2H3. The maximum atomic E-state index is 4.33. The lowest BCUT2D eigenvalue weighted by Crippen LogP contribution is -2.45. The van der Waals surface area contributed by atoms with E-state index in [1.54, 1.807) is 12.4 Å². The third-order valence-corrected chi connectivity index (χ3v) is 2.94. The zero-order chi connectivity index (χ0) is 11.4. The highest BCUT2D eigenvalue weighted by molar-refractivity contribution is 5.35. The first-order valence-electron chi connectivity index (χ1n) is 6.02. The summed E-state index contributed by atoms with van der Waals surface area (Å²) in [5.74, 6) is 1.01. The number of hydrogen-bond donors (Lipinski definition) is 1. The Morgan fingerprint density at radius 3 is 2.62 bits per heavy atom. The SMILES string of the molecule is CC(C)NC1CCN(c2cnccn2)CC1. The van der Waals surface area contributed by atoms with Gasteiger partial charge in [0, 0.05) is 37.6 Å². The number of piperidine rings is 1. The molecule has 1 aliphatic rings. The van der Waals surface area contributed by atoms with Gasteiger partial charge in [0.15, 0.2) is 0 Å². The number of aromatic nitrogens is 2. The molecule has 1 aliphatic heterocycles. The molecule has 0 atom stereocenters. The van der Waals surface area contributed by atoms with Gasteiger partial charge in [-0.2, -0.15) is 0 Å². The van der Waals surface area contributed by atoms with Gasteiger partial charge in [-0.25, -0.2) is 4.98 Å². The number of anilines is 1. The van der Waals surface area contributed by atoms with Gasteiger partial charge < -0.3 is 10.2 Å². The molecule has 16 heavy (non-hydrogen) atoms. The zero-order valence-corrected chi connectivity index (χ0v) is 10.1. The van der Waals surface area contributed by atoms with Crippen LogP contribution >= 0.6 is 0 Å². The minimum Gasteiger partial charge on any atom is -0.355 e. The monoisotopic (exact) mass is 220 g/mol. The van der Waals surface area contributed by atoms with Crippen molar-refractivity contribution >= 4 is 5.82 Å². The summed E-state index contributed by atoms with van der Waals surface area (Å²) in [5, 5.41) is 3.59. The van der Waals surface area contributed by atoms with E-state index >= 15 is 0 Å². The fourth-order valence-electron chi connectivity index (χ4n) is 2.20. The van der Waals surface area contributed by atoms with E-state index in [-0.39, 0.29) is 0 Å². The molecule has 0 spiro atoms. The van der Waals surface area contributed by atoms with Crippen LogP contribution in [0.25, 0.3) is 0 Å². The number of nitrogens with zero attached hydrogens (tertiary/aromatic N) is 3. The Morgan fingerprint density at radius 1 is 1.31 bits per heavy atom. The molecule has 0 saturated carbocycles. The molecule has 1 aromatic heterocycles. The summed E-state index contributed by atoms with van der Waals surface area (Å²) >= 11 is 0. The van der Waals surface area contributed by atoms with Gasteiger partial charge in [-0.05, 0) is 12.8 Å². The topological polar surface area (TPSA) is 41.0 Å². The molecule has 0 aromatic carbocycles. The Balaban J connectivity index is 1.86. The summed E-state index contributed by atoms with van der Waals surface area (Å²) in [6.45, 7) is 6.55. The van der Waals surface area contributed by atoms with Gasteiger partial charge in [-0.15, -0.1) is 0 Å². The highest BCUT2D eigenvalue weighted by Gasteiger charge is 2.20. The molecule has 1 N–H and O–H groups in total. The third-order valence-electron chi connectivity index (χ3n) is 2.94. The molecule has 0 radical (unpaired) electrons. The molecular formula is C12H20N4. The van der Waals surface area contributed by atoms with Gasteiger partial charge in [-0.1, -0.05) is 13.8 Å². The van der Waals surface area contributed by atoms with Gasteiger partial charge in [0.2, 0.25) is 0 Å². The predicted octanol–water partition coefficient (Wildman–Crippen LogP) is 1.44. The fraction of sp³-hybridized carbons (Fsp3) is 0.667. The van der Waals surface area contributed by atoms with Crippen molar-refractivity contribution in [1.29, 1.82) is 0 Å². The molecule has 4 nitrogen and oxygen atoms in total. The third kappa shape index (κ3) is 2.92. The van der Waals surface area contributed by atoms with E-state index in [4.69, 9.17) is 0 Å². The molecule has 88 valence electrons. The van der Waals surface area contributed by atoms with Crippen molar-refractivity contribution in [2.75, 3.05) is 18.0 Å². The van der Waals surface area contributed by atoms with Crippen LogP contribution in [0, 0.1) is 0 Å². The molecule has 0 unspecified atom stereocenters. The van der Waals surface area contributed by atoms with Crippen LogP contribution < -0.4 is 10.2 Å². The Morgan fingerprint density at radius 2 is 2.06 bits per heavy atom. The molecule has 0 amide bonds. The highest BCUT2D eigenvalue weighted by atomic mass is 15.2. The molecule has 0 bridgehead atoms. The smallest absolute Gasteiger partial charge is 0.147 e. The molecule has 2 heterocycles. The van der Waals surface area contributed by atoms with Crippen molar-refractivity contribution in [2.45, 2.75) is 38.8 Å². The fourth-order valence-corrected chi connectivity index (χ4v) is 2.20. The summed E-state index contributed by atoms with van der Waals surface area (Å²) < 4.78 is 0. The van der Waals surface area contributed by atoms with Crippen LogP contribution in [-0.4, -0.2) is 35.1 Å². The first-order chi connectivity index (χ1) is 7.75. The Bertz CT molecular complexity index is 304. The first-order valence-corrected chi connectivity index (χ1v) is 6.02.